The number of unbranched alkanes of at least 4 members (excludes halogenated alkanes) is 11. The van der Waals surface area contributed by atoms with Crippen molar-refractivity contribution in [2.24, 2.45) is 0 Å². The number of quaternary nitrogens is 2. The van der Waals surface area contributed by atoms with Gasteiger partial charge in [-0.2, -0.15) is 0 Å². The Kier molecular flexibility index (Phi) is 22.5. The highest BCUT2D eigenvalue weighted by Gasteiger charge is 2.20. The van der Waals surface area contributed by atoms with Gasteiger partial charge in [-0.05, 0) is 38.3 Å². The van der Waals surface area contributed by atoms with Crippen molar-refractivity contribution >= 4 is 0 Å². The van der Waals surface area contributed by atoms with Gasteiger partial charge < -0.3 is 47.7 Å². The number of ether oxygens (including phenoxy) is 1. The van der Waals surface area contributed by atoms with Crippen molar-refractivity contribution in [3.05, 3.63) is 30.3 Å². The largest absolute Gasteiger partial charge is 1.00 e. The molecule has 1 aromatic carbocycles. The smallest absolute Gasteiger partial charge is 0.128 e. The molecule has 0 radical (unpaired) electrons. The molecule has 33 heavy (non-hydrogen) atoms. The van der Waals surface area contributed by atoms with Gasteiger partial charge in [-0.25, -0.2) is 0 Å². The zero-order valence-corrected chi connectivity index (χ0v) is 25.6. The van der Waals surface area contributed by atoms with Crippen molar-refractivity contribution in [1.82, 2.24) is 0 Å². The van der Waals surface area contributed by atoms with E-state index in [1.54, 1.807) is 0 Å². The Morgan fingerprint density at radius 2 is 0.970 bits per heavy atom. The molecule has 0 saturated heterocycles. The fourth-order valence-electron chi connectivity index (χ4n) is 3.93. The normalized spacial score (nSPS) is 11.5. The van der Waals surface area contributed by atoms with Crippen LogP contribution in [-0.4, -0.2) is 69.9 Å². The van der Waals surface area contributed by atoms with Gasteiger partial charge in [0.15, 0.2) is 0 Å². The summed E-state index contributed by atoms with van der Waals surface area (Å²) in [5.74, 6) is 1.00. The molecule has 0 fully saturated rings. The van der Waals surface area contributed by atoms with Gasteiger partial charge in [-0.3, -0.25) is 0 Å². The molecule has 0 N–H and O–H groups in total. The maximum atomic E-state index is 5.75. The summed E-state index contributed by atoms with van der Waals surface area (Å²) in [5, 5.41) is 0. The Balaban J connectivity index is 0. The molecule has 0 aliphatic carbocycles. The molecule has 3 nitrogen and oxygen atoms in total. The molecule has 0 atom stereocenters. The number of halogens is 2. The van der Waals surface area contributed by atoms with Crippen molar-refractivity contribution < 1.29 is 47.7 Å². The van der Waals surface area contributed by atoms with E-state index in [2.05, 4.69) is 35.1 Å². The molecule has 0 aromatic heterocycles. The minimum atomic E-state index is 0. The first-order valence-electron chi connectivity index (χ1n) is 13.2. The van der Waals surface area contributed by atoms with E-state index in [0.717, 1.165) is 16.8 Å². The summed E-state index contributed by atoms with van der Waals surface area (Å²) in [7, 11) is 9.52. The third-order valence-electron chi connectivity index (χ3n) is 6.84. The van der Waals surface area contributed by atoms with E-state index >= 15 is 0 Å². The minimum absolute atomic E-state index is 0. The van der Waals surface area contributed by atoms with Crippen LogP contribution in [0.1, 0.15) is 84.0 Å². The van der Waals surface area contributed by atoms with E-state index in [1.807, 2.05) is 30.3 Å². The highest BCUT2D eigenvalue weighted by Crippen LogP contribution is 2.14. The summed E-state index contributed by atoms with van der Waals surface area (Å²) in [6, 6.07) is 10.2. The molecule has 196 valence electrons. The molecule has 0 aliphatic rings. The first-order chi connectivity index (χ1) is 14.8. The van der Waals surface area contributed by atoms with E-state index in [-0.39, 0.29) is 34.0 Å². The Labute approximate surface area is 228 Å². The lowest BCUT2D eigenvalue weighted by atomic mass is 10.1. The lowest BCUT2D eigenvalue weighted by Crippen LogP contribution is -3.00. The summed E-state index contributed by atoms with van der Waals surface area (Å²) in [6.07, 6.45) is 16.6. The summed E-state index contributed by atoms with van der Waals surface area (Å²) in [4.78, 5) is 0. The molecule has 0 unspecified atom stereocenters. The number of likely N-dealkylation sites (N-methyl/N-ethyl adjacent to an activating group) is 2. The predicted octanol–water partition coefficient (Wildman–Crippen LogP) is 0.927. The molecule has 0 spiro atoms. The third-order valence-corrected chi connectivity index (χ3v) is 6.84. The van der Waals surface area contributed by atoms with Gasteiger partial charge in [0, 0.05) is 0 Å². The quantitative estimate of drug-likeness (QED) is 0.161. The molecular formula is C28H54Br2N2O. The van der Waals surface area contributed by atoms with Crippen LogP contribution < -0.4 is 38.7 Å². The molecule has 5 heteroatoms. The summed E-state index contributed by atoms with van der Waals surface area (Å²) in [5.41, 5.74) is 0. The zero-order valence-electron chi connectivity index (χ0n) is 22.5. The van der Waals surface area contributed by atoms with Gasteiger partial charge in [0.25, 0.3) is 0 Å². The monoisotopic (exact) mass is 592 g/mol. The van der Waals surface area contributed by atoms with Crippen LogP contribution in [0.2, 0.25) is 0 Å². The number of hydrogen-bond acceptors (Lipinski definition) is 1. The molecule has 0 heterocycles. The lowest BCUT2D eigenvalue weighted by molar-refractivity contribution is -0.945. The first-order valence-corrected chi connectivity index (χ1v) is 13.2. The Hall–Kier alpha value is -0.100. The van der Waals surface area contributed by atoms with Gasteiger partial charge in [-0.1, -0.05) is 76.0 Å². The van der Waals surface area contributed by atoms with Crippen LogP contribution in [0.15, 0.2) is 30.3 Å². The molecule has 0 bridgehead atoms. The third kappa shape index (κ3) is 20.9. The van der Waals surface area contributed by atoms with Crippen LogP contribution >= 0.6 is 0 Å². The number of hydrogen-bond donors (Lipinski definition) is 0. The highest BCUT2D eigenvalue weighted by molar-refractivity contribution is 5.20. The summed E-state index contributed by atoms with van der Waals surface area (Å²) < 4.78 is 8.08. The van der Waals surface area contributed by atoms with E-state index in [4.69, 9.17) is 4.74 Å². The topological polar surface area (TPSA) is 9.23 Å². The molecular weight excluding hydrogens is 540 g/mol. The highest BCUT2D eigenvalue weighted by atomic mass is 79.9. The molecule has 1 aromatic rings. The standard InChI is InChI=1S/C28H54N2O.2BrH/c1-6-29(2,3)25-26-30(4,5)24-20-15-13-11-9-7-8-10-12-14-16-21-27-31-28-22-18-17-19-23-28;;/h17-19,22-23H,6-16,20-21,24-27H2,1-5H3;2*1H/q+2;;/p-2. The fraction of sp³-hybridized carbons (Fsp3) is 0.786. The Bertz CT molecular complexity index is 538. The number of para-hydroxylation sites is 1. The molecule has 0 aliphatic heterocycles. The van der Waals surface area contributed by atoms with E-state index in [1.165, 1.54) is 108 Å². The van der Waals surface area contributed by atoms with Crippen LogP contribution in [0.25, 0.3) is 0 Å². The van der Waals surface area contributed by atoms with Crippen LogP contribution in [0.3, 0.4) is 0 Å². The predicted molar refractivity (Wildman–Crippen MR) is 137 cm³/mol. The van der Waals surface area contributed by atoms with Gasteiger partial charge >= 0.3 is 0 Å². The van der Waals surface area contributed by atoms with E-state index < -0.39 is 0 Å². The van der Waals surface area contributed by atoms with Crippen LogP contribution in [-0.2, 0) is 0 Å². The van der Waals surface area contributed by atoms with Crippen molar-refractivity contribution in [3.63, 3.8) is 0 Å². The lowest BCUT2D eigenvalue weighted by Gasteiger charge is -2.35. The first kappa shape index (κ1) is 35.1. The maximum Gasteiger partial charge on any atom is 0.128 e. The maximum absolute atomic E-state index is 5.75. The van der Waals surface area contributed by atoms with Crippen molar-refractivity contribution in [2.45, 2.75) is 84.0 Å². The van der Waals surface area contributed by atoms with Crippen LogP contribution in [0.4, 0.5) is 0 Å². The average molecular weight is 595 g/mol. The minimum Gasteiger partial charge on any atom is -1.00 e. The van der Waals surface area contributed by atoms with Crippen molar-refractivity contribution in [2.75, 3.05) is 61.0 Å². The SMILES string of the molecule is CC[N+](C)(C)CC[N+](C)(C)CCCCCCCCCCCCCCOc1ccccc1.[Br-].[Br-]. The number of rotatable bonds is 20. The van der Waals surface area contributed by atoms with Crippen molar-refractivity contribution in [1.29, 1.82) is 0 Å². The molecule has 0 amide bonds. The summed E-state index contributed by atoms with van der Waals surface area (Å²) in [6.45, 7) is 8.29. The van der Waals surface area contributed by atoms with Crippen LogP contribution in [0.5, 0.6) is 5.75 Å². The second kappa shape index (κ2) is 21.2. The Morgan fingerprint density at radius 1 is 0.545 bits per heavy atom. The number of benzene rings is 1. The second-order valence-corrected chi connectivity index (χ2v) is 10.8. The Morgan fingerprint density at radius 3 is 1.45 bits per heavy atom. The molecule has 1 rings (SSSR count). The fourth-order valence-corrected chi connectivity index (χ4v) is 3.93. The van der Waals surface area contributed by atoms with Crippen LogP contribution in [0, 0.1) is 0 Å². The van der Waals surface area contributed by atoms with Crippen molar-refractivity contribution in [3.8, 4) is 5.75 Å². The second-order valence-electron chi connectivity index (χ2n) is 10.8. The number of nitrogens with zero attached hydrogens (tertiary/aromatic N) is 2. The van der Waals surface area contributed by atoms with Gasteiger partial charge in [-0.15, -0.1) is 0 Å². The van der Waals surface area contributed by atoms with Gasteiger partial charge in [0.05, 0.1) is 47.9 Å². The van der Waals surface area contributed by atoms with E-state index in [9.17, 15) is 0 Å². The van der Waals surface area contributed by atoms with E-state index in [0.29, 0.717) is 0 Å². The van der Waals surface area contributed by atoms with Gasteiger partial charge in [0.2, 0.25) is 0 Å². The molecule has 0 saturated carbocycles. The zero-order chi connectivity index (χ0) is 22.8. The van der Waals surface area contributed by atoms with Gasteiger partial charge in [0.1, 0.15) is 18.8 Å². The summed E-state index contributed by atoms with van der Waals surface area (Å²) >= 11 is 0. The average Bonchev–Trinajstić information content (AvgIpc) is 2.76.